The number of carbonyl (C=O) groups excluding carboxylic acids is 3. The van der Waals surface area contributed by atoms with Crippen LogP contribution in [0, 0.1) is 6.92 Å². The predicted molar refractivity (Wildman–Crippen MR) is 88.2 cm³/mol. The highest BCUT2D eigenvalue weighted by molar-refractivity contribution is 6.30. The fourth-order valence-corrected chi connectivity index (χ4v) is 2.81. The predicted octanol–water partition coefficient (Wildman–Crippen LogP) is 3.24. The number of fused-ring (bicyclic) bond motifs is 1. The molecule has 1 heterocycles. The summed E-state index contributed by atoms with van der Waals surface area (Å²) in [5.74, 6) is -1.33. The van der Waals surface area contributed by atoms with Crippen LogP contribution < -0.4 is 4.74 Å². The maximum atomic E-state index is 12.4. The van der Waals surface area contributed by atoms with E-state index < -0.39 is 23.8 Å². The average Bonchev–Trinajstić information content (AvgIpc) is 2.81. The van der Waals surface area contributed by atoms with Gasteiger partial charge in [0, 0.05) is 5.02 Å². The standard InChI is InChI=1S/C18H14ClNO4/c1-10-9-12(19)7-8-15(10)24-18(23)11(2)20-16(21)13-5-3-4-6-14(13)17(20)22/h3-9,11H,1-2H3. The number of halogens is 1. The summed E-state index contributed by atoms with van der Waals surface area (Å²) in [6.45, 7) is 3.22. The fraction of sp³-hybridized carbons (Fsp3) is 0.167. The lowest BCUT2D eigenvalue weighted by Crippen LogP contribution is -2.44. The number of hydrogen-bond donors (Lipinski definition) is 0. The van der Waals surface area contributed by atoms with Crippen LogP contribution >= 0.6 is 11.6 Å². The van der Waals surface area contributed by atoms with E-state index >= 15 is 0 Å². The Morgan fingerprint density at radius 3 is 2.21 bits per heavy atom. The lowest BCUT2D eigenvalue weighted by atomic mass is 10.1. The first kappa shape index (κ1) is 16.2. The van der Waals surface area contributed by atoms with E-state index in [4.69, 9.17) is 16.3 Å². The number of nitrogens with zero attached hydrogens (tertiary/aromatic N) is 1. The minimum atomic E-state index is -1.03. The molecule has 0 saturated heterocycles. The normalized spacial score (nSPS) is 14.5. The zero-order chi connectivity index (χ0) is 17.4. The smallest absolute Gasteiger partial charge is 0.334 e. The molecule has 122 valence electrons. The maximum absolute atomic E-state index is 12.4. The molecule has 0 spiro atoms. The van der Waals surface area contributed by atoms with Crippen molar-refractivity contribution in [2.45, 2.75) is 19.9 Å². The van der Waals surface area contributed by atoms with Crippen molar-refractivity contribution < 1.29 is 19.1 Å². The van der Waals surface area contributed by atoms with Gasteiger partial charge in [-0.15, -0.1) is 0 Å². The van der Waals surface area contributed by atoms with Crippen molar-refractivity contribution >= 4 is 29.4 Å². The van der Waals surface area contributed by atoms with E-state index in [1.807, 2.05) is 0 Å². The Bertz CT molecular complexity index is 827. The lowest BCUT2D eigenvalue weighted by molar-refractivity contribution is -0.138. The van der Waals surface area contributed by atoms with Gasteiger partial charge in [0.25, 0.3) is 11.8 Å². The second-order valence-corrected chi connectivity index (χ2v) is 5.97. The average molecular weight is 344 g/mol. The zero-order valence-electron chi connectivity index (χ0n) is 13.1. The molecular weight excluding hydrogens is 330 g/mol. The summed E-state index contributed by atoms with van der Waals surface area (Å²) in [6.07, 6.45) is 0. The van der Waals surface area contributed by atoms with Crippen LogP contribution in [0.4, 0.5) is 0 Å². The molecule has 0 bridgehead atoms. The third-order valence-electron chi connectivity index (χ3n) is 3.90. The van der Waals surface area contributed by atoms with Crippen LogP contribution in [0.25, 0.3) is 0 Å². The molecule has 2 amide bonds. The summed E-state index contributed by atoms with van der Waals surface area (Å²) >= 11 is 5.87. The van der Waals surface area contributed by atoms with Crippen LogP contribution in [0.15, 0.2) is 42.5 Å². The number of imide groups is 1. The van der Waals surface area contributed by atoms with Crippen molar-refractivity contribution in [3.05, 3.63) is 64.2 Å². The molecule has 1 unspecified atom stereocenters. The summed E-state index contributed by atoms with van der Waals surface area (Å²) in [7, 11) is 0. The van der Waals surface area contributed by atoms with Crippen molar-refractivity contribution in [1.82, 2.24) is 4.90 Å². The van der Waals surface area contributed by atoms with Gasteiger partial charge in [-0.3, -0.25) is 14.5 Å². The van der Waals surface area contributed by atoms with Gasteiger partial charge in [0.05, 0.1) is 11.1 Å². The monoisotopic (exact) mass is 343 g/mol. The van der Waals surface area contributed by atoms with Gasteiger partial charge in [0.1, 0.15) is 11.8 Å². The number of rotatable bonds is 3. The van der Waals surface area contributed by atoms with E-state index in [1.165, 1.54) is 6.92 Å². The second kappa shape index (κ2) is 6.09. The Balaban J connectivity index is 1.82. The van der Waals surface area contributed by atoms with Gasteiger partial charge in [-0.05, 0) is 49.7 Å². The molecule has 24 heavy (non-hydrogen) atoms. The Morgan fingerprint density at radius 1 is 1.08 bits per heavy atom. The first-order valence-electron chi connectivity index (χ1n) is 7.35. The van der Waals surface area contributed by atoms with Crippen molar-refractivity contribution in [2.75, 3.05) is 0 Å². The number of amides is 2. The van der Waals surface area contributed by atoms with Crippen LogP contribution in [0.3, 0.4) is 0 Å². The topological polar surface area (TPSA) is 63.7 Å². The SMILES string of the molecule is Cc1cc(Cl)ccc1OC(=O)C(C)N1C(=O)c2ccccc2C1=O. The van der Waals surface area contributed by atoms with Crippen molar-refractivity contribution in [3.63, 3.8) is 0 Å². The minimum Gasteiger partial charge on any atom is -0.425 e. The number of esters is 1. The molecule has 0 saturated carbocycles. The Kier molecular flexibility index (Phi) is 4.11. The number of hydrogen-bond acceptors (Lipinski definition) is 4. The number of ether oxygens (including phenoxy) is 1. The number of aryl methyl sites for hydroxylation is 1. The molecule has 5 nitrogen and oxygen atoms in total. The van der Waals surface area contributed by atoms with Gasteiger partial charge < -0.3 is 4.74 Å². The molecule has 0 aliphatic carbocycles. The van der Waals surface area contributed by atoms with Crippen LogP contribution in [-0.2, 0) is 4.79 Å². The molecule has 3 rings (SSSR count). The molecule has 0 radical (unpaired) electrons. The van der Waals surface area contributed by atoms with Gasteiger partial charge in [0.2, 0.25) is 0 Å². The fourth-order valence-electron chi connectivity index (χ4n) is 2.59. The number of benzene rings is 2. The van der Waals surface area contributed by atoms with Crippen LogP contribution in [0.1, 0.15) is 33.2 Å². The molecular formula is C18H14ClNO4. The minimum absolute atomic E-state index is 0.296. The third-order valence-corrected chi connectivity index (χ3v) is 4.14. The van der Waals surface area contributed by atoms with Gasteiger partial charge in [-0.25, -0.2) is 4.79 Å². The van der Waals surface area contributed by atoms with Gasteiger partial charge in [0.15, 0.2) is 0 Å². The van der Waals surface area contributed by atoms with Crippen molar-refractivity contribution in [1.29, 1.82) is 0 Å². The van der Waals surface area contributed by atoms with Crippen LogP contribution in [0.5, 0.6) is 5.75 Å². The van der Waals surface area contributed by atoms with Crippen molar-refractivity contribution in [2.24, 2.45) is 0 Å². The zero-order valence-corrected chi connectivity index (χ0v) is 13.8. The largest absolute Gasteiger partial charge is 0.425 e. The Hall–Kier alpha value is -2.66. The highest BCUT2D eigenvalue weighted by Crippen LogP contribution is 2.26. The first-order valence-corrected chi connectivity index (χ1v) is 7.72. The third kappa shape index (κ3) is 2.67. The highest BCUT2D eigenvalue weighted by atomic mass is 35.5. The molecule has 1 aliphatic rings. The van der Waals surface area contributed by atoms with E-state index in [9.17, 15) is 14.4 Å². The van der Waals surface area contributed by atoms with Gasteiger partial charge in [-0.1, -0.05) is 23.7 Å². The molecule has 2 aromatic rings. The summed E-state index contributed by atoms with van der Waals surface area (Å²) in [5.41, 5.74) is 1.28. The quantitative estimate of drug-likeness (QED) is 0.487. The van der Waals surface area contributed by atoms with E-state index in [1.54, 1.807) is 49.4 Å². The van der Waals surface area contributed by atoms with Crippen molar-refractivity contribution in [3.8, 4) is 5.75 Å². The van der Waals surface area contributed by atoms with Crippen LogP contribution in [0.2, 0.25) is 5.02 Å². The molecule has 2 aromatic carbocycles. The highest BCUT2D eigenvalue weighted by Gasteiger charge is 2.41. The molecule has 0 fully saturated rings. The first-order chi connectivity index (χ1) is 11.4. The summed E-state index contributed by atoms with van der Waals surface area (Å²) in [4.78, 5) is 38.1. The van der Waals surface area contributed by atoms with E-state index in [2.05, 4.69) is 0 Å². The van der Waals surface area contributed by atoms with E-state index in [-0.39, 0.29) is 0 Å². The Morgan fingerprint density at radius 2 is 1.67 bits per heavy atom. The van der Waals surface area contributed by atoms with E-state index in [0.29, 0.717) is 27.5 Å². The molecule has 0 N–H and O–H groups in total. The lowest BCUT2D eigenvalue weighted by Gasteiger charge is -2.21. The Labute approximate surface area is 143 Å². The number of carbonyl (C=O) groups is 3. The molecule has 6 heteroatoms. The summed E-state index contributed by atoms with van der Waals surface area (Å²) in [5, 5.41) is 0.528. The van der Waals surface area contributed by atoms with Gasteiger partial charge >= 0.3 is 5.97 Å². The summed E-state index contributed by atoms with van der Waals surface area (Å²) < 4.78 is 5.33. The molecule has 1 atom stereocenters. The second-order valence-electron chi connectivity index (χ2n) is 5.53. The molecule has 0 aromatic heterocycles. The molecule has 1 aliphatic heterocycles. The summed E-state index contributed by atoms with van der Waals surface area (Å²) in [6, 6.07) is 10.3. The maximum Gasteiger partial charge on any atom is 0.334 e. The van der Waals surface area contributed by atoms with E-state index in [0.717, 1.165) is 4.90 Å². The van der Waals surface area contributed by atoms with Crippen LogP contribution in [-0.4, -0.2) is 28.7 Å². The van der Waals surface area contributed by atoms with Gasteiger partial charge in [-0.2, -0.15) is 0 Å².